The normalized spacial score (nSPS) is 14.4. The zero-order chi connectivity index (χ0) is 13.2. The summed E-state index contributed by atoms with van der Waals surface area (Å²) in [5, 5.41) is 0. The number of carbonyl (C=O) groups is 1. The van der Waals surface area contributed by atoms with Crippen LogP contribution in [0.15, 0.2) is 30.7 Å². The number of hydrogen-bond acceptors (Lipinski definition) is 3. The molecule has 0 saturated heterocycles. The molecule has 3 rings (SSSR count). The Morgan fingerprint density at radius 2 is 2.32 bits per heavy atom. The van der Waals surface area contributed by atoms with E-state index in [1.165, 1.54) is 31.0 Å². The highest BCUT2D eigenvalue weighted by Crippen LogP contribution is 2.35. The zero-order valence-electron chi connectivity index (χ0n) is 10.3. The molecule has 0 aliphatic heterocycles. The third-order valence-electron chi connectivity index (χ3n) is 3.16. The maximum atomic E-state index is 13.0. The molecule has 0 N–H and O–H groups in total. The largest absolute Gasteiger partial charge is 0.487 e. The fourth-order valence-electron chi connectivity index (χ4n) is 2.02. The minimum absolute atomic E-state index is 0.220. The number of ether oxygens (including phenoxy) is 1. The lowest BCUT2D eigenvalue weighted by Crippen LogP contribution is -2.04. The van der Waals surface area contributed by atoms with Gasteiger partial charge in [0, 0.05) is 6.04 Å². The summed E-state index contributed by atoms with van der Waals surface area (Å²) in [5.41, 5.74) is 1.18. The Balaban J connectivity index is 1.75. The van der Waals surface area contributed by atoms with Crippen LogP contribution in [0.5, 0.6) is 5.75 Å². The summed E-state index contributed by atoms with van der Waals surface area (Å²) in [6.45, 7) is 0.322. The first-order valence-electron chi connectivity index (χ1n) is 6.16. The Morgan fingerprint density at radius 3 is 3.05 bits per heavy atom. The Bertz CT molecular complexity index is 605. The molecule has 0 radical (unpaired) electrons. The van der Waals surface area contributed by atoms with Gasteiger partial charge in [0.2, 0.25) is 0 Å². The number of aldehydes is 1. The van der Waals surface area contributed by atoms with Crippen molar-refractivity contribution in [3.8, 4) is 5.75 Å². The third-order valence-corrected chi connectivity index (χ3v) is 3.16. The molecular weight excluding hydrogens is 247 g/mol. The van der Waals surface area contributed by atoms with Crippen molar-refractivity contribution in [1.29, 1.82) is 0 Å². The van der Waals surface area contributed by atoms with E-state index >= 15 is 0 Å². The Morgan fingerprint density at radius 1 is 1.47 bits per heavy atom. The van der Waals surface area contributed by atoms with Crippen LogP contribution < -0.4 is 4.74 Å². The SMILES string of the molecule is O=Cc1cc(F)ccc1OCc1cncn1C1CC1. The van der Waals surface area contributed by atoms with E-state index in [4.69, 9.17) is 4.74 Å². The monoisotopic (exact) mass is 260 g/mol. The third kappa shape index (κ3) is 2.50. The molecule has 0 bridgehead atoms. The highest BCUT2D eigenvalue weighted by molar-refractivity contribution is 5.79. The second-order valence-corrected chi connectivity index (χ2v) is 4.61. The molecule has 1 fully saturated rings. The van der Waals surface area contributed by atoms with Gasteiger partial charge in [-0.3, -0.25) is 4.79 Å². The van der Waals surface area contributed by atoms with E-state index in [1.54, 1.807) is 12.5 Å². The van der Waals surface area contributed by atoms with Crippen LogP contribution in [-0.4, -0.2) is 15.8 Å². The first-order valence-corrected chi connectivity index (χ1v) is 6.16. The number of hydrogen-bond donors (Lipinski definition) is 0. The summed E-state index contributed by atoms with van der Waals surface area (Å²) in [4.78, 5) is 15.0. The van der Waals surface area contributed by atoms with Crippen LogP contribution in [0.4, 0.5) is 4.39 Å². The molecule has 1 aliphatic carbocycles. The number of aromatic nitrogens is 2. The number of benzene rings is 1. The molecule has 1 heterocycles. The van der Waals surface area contributed by atoms with Crippen LogP contribution in [0.1, 0.15) is 34.9 Å². The van der Waals surface area contributed by atoms with Crippen LogP contribution >= 0.6 is 0 Å². The lowest BCUT2D eigenvalue weighted by atomic mass is 10.2. The second-order valence-electron chi connectivity index (χ2n) is 4.61. The summed E-state index contributed by atoms with van der Waals surface area (Å²) >= 11 is 0. The highest BCUT2D eigenvalue weighted by atomic mass is 19.1. The second kappa shape index (κ2) is 4.84. The quantitative estimate of drug-likeness (QED) is 0.776. The van der Waals surface area contributed by atoms with Crippen molar-refractivity contribution in [2.24, 2.45) is 0 Å². The minimum atomic E-state index is -0.447. The van der Waals surface area contributed by atoms with Gasteiger partial charge in [-0.25, -0.2) is 9.37 Å². The van der Waals surface area contributed by atoms with Crippen LogP contribution in [-0.2, 0) is 6.61 Å². The van der Waals surface area contributed by atoms with Gasteiger partial charge in [0.15, 0.2) is 6.29 Å². The zero-order valence-corrected chi connectivity index (χ0v) is 10.3. The van der Waals surface area contributed by atoms with Crippen molar-refractivity contribution in [1.82, 2.24) is 9.55 Å². The van der Waals surface area contributed by atoms with Crippen LogP contribution in [0.3, 0.4) is 0 Å². The van der Waals surface area contributed by atoms with E-state index in [1.807, 2.05) is 0 Å². The number of halogens is 1. The first kappa shape index (κ1) is 11.9. The summed E-state index contributed by atoms with van der Waals surface area (Å²) in [6.07, 6.45) is 6.47. The van der Waals surface area contributed by atoms with Crippen molar-refractivity contribution in [3.05, 3.63) is 47.8 Å². The fourth-order valence-corrected chi connectivity index (χ4v) is 2.02. The van der Waals surface area contributed by atoms with Gasteiger partial charge >= 0.3 is 0 Å². The highest BCUT2D eigenvalue weighted by Gasteiger charge is 2.25. The molecule has 0 atom stereocenters. The number of nitrogens with zero attached hydrogens (tertiary/aromatic N) is 2. The number of rotatable bonds is 5. The Hall–Kier alpha value is -2.17. The molecule has 0 spiro atoms. The molecule has 1 aromatic carbocycles. The smallest absolute Gasteiger partial charge is 0.153 e. The molecule has 2 aromatic rings. The Kier molecular flexibility index (Phi) is 3.03. The van der Waals surface area contributed by atoms with E-state index in [9.17, 15) is 9.18 Å². The van der Waals surface area contributed by atoms with Gasteiger partial charge in [-0.2, -0.15) is 0 Å². The van der Waals surface area contributed by atoms with Gasteiger partial charge in [-0.15, -0.1) is 0 Å². The maximum absolute atomic E-state index is 13.0. The van der Waals surface area contributed by atoms with E-state index < -0.39 is 5.82 Å². The lowest BCUT2D eigenvalue weighted by molar-refractivity contribution is 0.111. The minimum Gasteiger partial charge on any atom is -0.487 e. The number of carbonyl (C=O) groups excluding carboxylic acids is 1. The van der Waals surface area contributed by atoms with Crippen LogP contribution in [0.2, 0.25) is 0 Å². The van der Waals surface area contributed by atoms with Crippen LogP contribution in [0.25, 0.3) is 0 Å². The summed E-state index contributed by atoms with van der Waals surface area (Å²) in [7, 11) is 0. The van der Waals surface area contributed by atoms with Gasteiger partial charge in [-0.1, -0.05) is 0 Å². The van der Waals surface area contributed by atoms with E-state index in [2.05, 4.69) is 9.55 Å². The number of imidazole rings is 1. The predicted octanol–water partition coefficient (Wildman–Crippen LogP) is 2.75. The average molecular weight is 260 g/mol. The molecule has 0 unspecified atom stereocenters. The fraction of sp³-hybridized carbons (Fsp3) is 0.286. The van der Waals surface area contributed by atoms with Gasteiger partial charge < -0.3 is 9.30 Å². The molecule has 4 nitrogen and oxygen atoms in total. The summed E-state index contributed by atoms with van der Waals surface area (Å²) in [6, 6.07) is 4.44. The standard InChI is InChI=1S/C14H13FN2O2/c15-11-1-4-14(10(5-11)7-18)19-8-13-6-16-9-17(13)12-2-3-12/h1,4-7,9,12H,2-3,8H2. The van der Waals surface area contributed by atoms with Crippen LogP contribution in [0, 0.1) is 5.82 Å². The van der Waals surface area contributed by atoms with Crippen molar-refractivity contribution in [2.45, 2.75) is 25.5 Å². The maximum Gasteiger partial charge on any atom is 0.153 e. The van der Waals surface area contributed by atoms with Crippen molar-refractivity contribution < 1.29 is 13.9 Å². The summed E-state index contributed by atoms with van der Waals surface area (Å²) in [5.74, 6) is -0.0579. The van der Waals surface area contributed by atoms with E-state index in [0.29, 0.717) is 24.7 Å². The molecule has 19 heavy (non-hydrogen) atoms. The molecule has 0 amide bonds. The van der Waals surface area contributed by atoms with Crippen molar-refractivity contribution in [3.63, 3.8) is 0 Å². The molecule has 98 valence electrons. The molecule has 1 saturated carbocycles. The van der Waals surface area contributed by atoms with Gasteiger partial charge in [0.05, 0.1) is 23.8 Å². The van der Waals surface area contributed by atoms with E-state index in [-0.39, 0.29) is 5.56 Å². The van der Waals surface area contributed by atoms with Crippen molar-refractivity contribution in [2.75, 3.05) is 0 Å². The Labute approximate surface area is 109 Å². The van der Waals surface area contributed by atoms with Gasteiger partial charge in [0.25, 0.3) is 0 Å². The molecule has 5 heteroatoms. The van der Waals surface area contributed by atoms with E-state index in [0.717, 1.165) is 5.69 Å². The summed E-state index contributed by atoms with van der Waals surface area (Å²) < 4.78 is 20.7. The molecule has 1 aliphatic rings. The first-order chi connectivity index (χ1) is 9.28. The topological polar surface area (TPSA) is 44.1 Å². The average Bonchev–Trinajstić information content (AvgIpc) is 3.16. The molecular formula is C14H13FN2O2. The van der Waals surface area contributed by atoms with Crippen molar-refractivity contribution >= 4 is 6.29 Å². The molecule has 1 aromatic heterocycles. The van der Waals surface area contributed by atoms with Gasteiger partial charge in [-0.05, 0) is 31.0 Å². The lowest BCUT2D eigenvalue weighted by Gasteiger charge is -2.10. The predicted molar refractivity (Wildman–Crippen MR) is 66.6 cm³/mol. The van der Waals surface area contributed by atoms with Gasteiger partial charge in [0.1, 0.15) is 18.2 Å².